The molecule has 1 aliphatic rings. The van der Waals surface area contributed by atoms with E-state index in [0.717, 1.165) is 24.8 Å². The van der Waals surface area contributed by atoms with E-state index in [-0.39, 0.29) is 22.6 Å². The van der Waals surface area contributed by atoms with Crippen LogP contribution < -0.4 is 10.1 Å². The summed E-state index contributed by atoms with van der Waals surface area (Å²) in [7, 11) is -2.31. The molecule has 1 aliphatic heterocycles. The third kappa shape index (κ3) is 4.97. The van der Waals surface area contributed by atoms with Crippen LogP contribution in [0.4, 0.5) is 0 Å². The van der Waals surface area contributed by atoms with E-state index in [4.69, 9.17) is 4.74 Å². The molecule has 0 spiro atoms. The predicted octanol–water partition coefficient (Wildman–Crippen LogP) is 3.23. The molecule has 7 heteroatoms. The first-order chi connectivity index (χ1) is 13.9. The molecule has 1 atom stereocenters. The van der Waals surface area contributed by atoms with Gasteiger partial charge in [0.15, 0.2) is 0 Å². The quantitative estimate of drug-likeness (QED) is 0.752. The van der Waals surface area contributed by atoms with Gasteiger partial charge in [-0.1, -0.05) is 36.8 Å². The second kappa shape index (κ2) is 9.41. The minimum atomic E-state index is -3.75. The minimum Gasteiger partial charge on any atom is -0.495 e. The van der Waals surface area contributed by atoms with Crippen LogP contribution in [0.25, 0.3) is 0 Å². The van der Waals surface area contributed by atoms with Crippen LogP contribution in [0.2, 0.25) is 0 Å². The number of nitrogens with zero attached hydrogens (tertiary/aromatic N) is 1. The maximum atomic E-state index is 13.3. The molecule has 1 saturated heterocycles. The van der Waals surface area contributed by atoms with Gasteiger partial charge in [0, 0.05) is 24.7 Å². The monoisotopic (exact) mass is 416 g/mol. The van der Waals surface area contributed by atoms with Crippen molar-refractivity contribution in [2.75, 3.05) is 20.2 Å². The van der Waals surface area contributed by atoms with E-state index in [1.165, 1.54) is 17.5 Å². The van der Waals surface area contributed by atoms with Crippen LogP contribution in [0.3, 0.4) is 0 Å². The summed E-state index contributed by atoms with van der Waals surface area (Å²) in [4.78, 5) is 12.6. The lowest BCUT2D eigenvalue weighted by Gasteiger charge is -2.32. The first kappa shape index (κ1) is 21.3. The van der Waals surface area contributed by atoms with Crippen LogP contribution in [-0.2, 0) is 16.4 Å². The molecule has 0 saturated carbocycles. The number of hydrogen-bond donors (Lipinski definition) is 1. The number of rotatable bonds is 7. The van der Waals surface area contributed by atoms with Gasteiger partial charge >= 0.3 is 0 Å². The smallest absolute Gasteiger partial charge is 0.251 e. The van der Waals surface area contributed by atoms with Crippen molar-refractivity contribution in [2.24, 2.45) is 0 Å². The molecule has 3 rings (SSSR count). The topological polar surface area (TPSA) is 75.7 Å². The highest BCUT2D eigenvalue weighted by Crippen LogP contribution is 2.31. The van der Waals surface area contributed by atoms with Gasteiger partial charge in [-0.2, -0.15) is 4.31 Å². The zero-order valence-corrected chi connectivity index (χ0v) is 17.7. The number of carbonyl (C=O) groups is 1. The van der Waals surface area contributed by atoms with E-state index in [9.17, 15) is 13.2 Å². The summed E-state index contributed by atoms with van der Waals surface area (Å²) in [6, 6.07) is 14.4. The molecule has 1 N–H and O–H groups in total. The minimum absolute atomic E-state index is 0.0458. The Kier molecular flexibility index (Phi) is 6.92. The fourth-order valence-corrected chi connectivity index (χ4v) is 5.52. The highest BCUT2D eigenvalue weighted by atomic mass is 32.2. The SMILES string of the molecule is COc1ccc(C(=O)NCCc2ccccc2)cc1S(=O)(=O)N1CCCC[C@H]1C. The summed E-state index contributed by atoms with van der Waals surface area (Å²) >= 11 is 0. The van der Waals surface area contributed by atoms with Gasteiger partial charge in [0.1, 0.15) is 10.6 Å². The second-order valence-corrected chi connectivity index (χ2v) is 9.18. The molecule has 2 aromatic rings. The summed E-state index contributed by atoms with van der Waals surface area (Å²) in [5, 5.41) is 2.86. The van der Waals surface area contributed by atoms with Crippen molar-refractivity contribution in [1.29, 1.82) is 0 Å². The van der Waals surface area contributed by atoms with Crippen LogP contribution in [-0.4, -0.2) is 44.9 Å². The van der Waals surface area contributed by atoms with E-state index in [1.807, 2.05) is 37.3 Å². The van der Waals surface area contributed by atoms with Gasteiger partial charge in [0.2, 0.25) is 10.0 Å². The number of benzene rings is 2. The van der Waals surface area contributed by atoms with Gasteiger partial charge in [0.05, 0.1) is 7.11 Å². The zero-order valence-electron chi connectivity index (χ0n) is 16.9. The summed E-state index contributed by atoms with van der Waals surface area (Å²) in [5.74, 6) is -0.0460. The van der Waals surface area contributed by atoms with Crippen LogP contribution in [0.15, 0.2) is 53.4 Å². The molecule has 0 aliphatic carbocycles. The van der Waals surface area contributed by atoms with Gasteiger partial charge in [-0.25, -0.2) is 8.42 Å². The van der Waals surface area contributed by atoms with Crippen LogP contribution in [0.5, 0.6) is 5.75 Å². The Hall–Kier alpha value is -2.38. The molecule has 0 radical (unpaired) electrons. The van der Waals surface area contributed by atoms with E-state index in [2.05, 4.69) is 5.32 Å². The highest BCUT2D eigenvalue weighted by Gasteiger charge is 2.33. The van der Waals surface area contributed by atoms with Crippen molar-refractivity contribution in [2.45, 2.75) is 43.5 Å². The van der Waals surface area contributed by atoms with Gasteiger partial charge in [-0.3, -0.25) is 4.79 Å². The molecular formula is C22H28N2O4S. The fourth-order valence-electron chi connectivity index (χ4n) is 3.64. The Morgan fingerprint density at radius 1 is 1.17 bits per heavy atom. The Labute approximate surface area is 172 Å². The van der Waals surface area contributed by atoms with Gasteiger partial charge in [-0.05, 0) is 49.9 Å². The third-order valence-electron chi connectivity index (χ3n) is 5.30. The van der Waals surface area contributed by atoms with Crippen molar-refractivity contribution < 1.29 is 17.9 Å². The number of ether oxygens (including phenoxy) is 1. The summed E-state index contributed by atoms with van der Waals surface area (Å²) in [6.45, 7) is 2.88. The first-order valence-electron chi connectivity index (χ1n) is 9.95. The summed E-state index contributed by atoms with van der Waals surface area (Å²) in [6.07, 6.45) is 3.40. The average Bonchev–Trinajstić information content (AvgIpc) is 2.74. The lowest BCUT2D eigenvalue weighted by atomic mass is 10.1. The Morgan fingerprint density at radius 3 is 2.62 bits per heavy atom. The molecular weight excluding hydrogens is 388 g/mol. The van der Waals surface area contributed by atoms with Gasteiger partial charge in [-0.15, -0.1) is 0 Å². The first-order valence-corrected chi connectivity index (χ1v) is 11.4. The number of carbonyl (C=O) groups excluding carboxylic acids is 1. The van der Waals surface area contributed by atoms with Crippen molar-refractivity contribution in [1.82, 2.24) is 9.62 Å². The number of amides is 1. The molecule has 29 heavy (non-hydrogen) atoms. The zero-order chi connectivity index (χ0) is 20.9. The lowest BCUT2D eigenvalue weighted by molar-refractivity contribution is 0.0954. The van der Waals surface area contributed by atoms with E-state index in [0.29, 0.717) is 25.1 Å². The maximum Gasteiger partial charge on any atom is 0.251 e. The molecule has 1 amide bonds. The molecule has 0 bridgehead atoms. The largest absolute Gasteiger partial charge is 0.495 e. The molecule has 0 unspecified atom stereocenters. The summed E-state index contributed by atoms with van der Waals surface area (Å²) < 4.78 is 33.3. The number of methoxy groups -OCH3 is 1. The lowest BCUT2D eigenvalue weighted by Crippen LogP contribution is -2.42. The molecule has 2 aromatic carbocycles. The molecule has 6 nitrogen and oxygen atoms in total. The number of piperidine rings is 1. The summed E-state index contributed by atoms with van der Waals surface area (Å²) in [5.41, 5.74) is 1.44. The molecule has 1 heterocycles. The second-order valence-electron chi connectivity index (χ2n) is 7.32. The number of nitrogens with one attached hydrogen (secondary N) is 1. The van der Waals surface area contributed by atoms with Crippen LogP contribution in [0.1, 0.15) is 42.1 Å². The standard InChI is InChI=1S/C22H28N2O4S/c1-17-8-6-7-15-24(17)29(26,27)21-16-19(11-12-20(21)28-2)22(25)23-14-13-18-9-4-3-5-10-18/h3-5,9-12,16-17H,6-8,13-15H2,1-2H3,(H,23,25)/t17-/m1/s1. The van der Waals surface area contributed by atoms with Crippen molar-refractivity contribution in [3.05, 3.63) is 59.7 Å². The van der Waals surface area contributed by atoms with Crippen molar-refractivity contribution in [3.8, 4) is 5.75 Å². The highest BCUT2D eigenvalue weighted by molar-refractivity contribution is 7.89. The predicted molar refractivity (Wildman–Crippen MR) is 113 cm³/mol. The van der Waals surface area contributed by atoms with Gasteiger partial charge < -0.3 is 10.1 Å². The maximum absolute atomic E-state index is 13.3. The molecule has 1 fully saturated rings. The Balaban J connectivity index is 1.78. The molecule has 0 aromatic heterocycles. The molecule has 156 valence electrons. The normalized spacial score (nSPS) is 17.7. The average molecular weight is 417 g/mol. The van der Waals surface area contributed by atoms with E-state index < -0.39 is 10.0 Å². The van der Waals surface area contributed by atoms with Crippen molar-refractivity contribution in [3.63, 3.8) is 0 Å². The van der Waals surface area contributed by atoms with Crippen LogP contribution in [0, 0.1) is 0 Å². The third-order valence-corrected chi connectivity index (χ3v) is 7.33. The number of sulfonamides is 1. The van der Waals surface area contributed by atoms with E-state index >= 15 is 0 Å². The Morgan fingerprint density at radius 2 is 1.93 bits per heavy atom. The Bertz CT molecular complexity index is 945. The van der Waals surface area contributed by atoms with Crippen LogP contribution >= 0.6 is 0 Å². The van der Waals surface area contributed by atoms with E-state index in [1.54, 1.807) is 12.1 Å². The van der Waals surface area contributed by atoms with Gasteiger partial charge in [0.25, 0.3) is 5.91 Å². The van der Waals surface area contributed by atoms with Crippen molar-refractivity contribution >= 4 is 15.9 Å². The fraction of sp³-hybridized carbons (Fsp3) is 0.409. The number of hydrogen-bond acceptors (Lipinski definition) is 4.